The summed E-state index contributed by atoms with van der Waals surface area (Å²) < 4.78 is 40.3. The molecule has 1 aromatic rings. The fraction of sp³-hybridized carbons (Fsp3) is 0.444. The summed E-state index contributed by atoms with van der Waals surface area (Å²) in [5, 5.41) is 0. The minimum absolute atomic E-state index is 0.397. The second-order valence-electron chi connectivity index (χ2n) is 3.25. The number of rotatable bonds is 3. The number of hydrogen-bond donors (Lipinski definition) is 1. The molecule has 84 valence electrons. The highest BCUT2D eigenvalue weighted by Crippen LogP contribution is 2.22. The molecule has 0 fully saturated rings. The lowest BCUT2D eigenvalue weighted by molar-refractivity contribution is -0.204. The van der Waals surface area contributed by atoms with Gasteiger partial charge in [0.15, 0.2) is 0 Å². The molecule has 6 heteroatoms. The van der Waals surface area contributed by atoms with Crippen LogP contribution in [0.15, 0.2) is 24.5 Å². The van der Waals surface area contributed by atoms with Crippen molar-refractivity contribution in [2.45, 2.75) is 18.8 Å². The molecule has 15 heavy (non-hydrogen) atoms. The Hall–Kier alpha value is -1.14. The lowest BCUT2D eigenvalue weighted by Gasteiger charge is -2.25. The van der Waals surface area contributed by atoms with Gasteiger partial charge in [-0.2, -0.15) is 13.2 Å². The minimum Gasteiger partial charge on any atom is -0.347 e. The smallest absolute Gasteiger partial charge is 0.347 e. The number of halogens is 3. The average molecular weight is 220 g/mol. The van der Waals surface area contributed by atoms with Crippen LogP contribution in [0.1, 0.15) is 12.5 Å². The topological polar surface area (TPSA) is 48.1 Å². The van der Waals surface area contributed by atoms with Gasteiger partial charge in [-0.15, -0.1) is 0 Å². The summed E-state index contributed by atoms with van der Waals surface area (Å²) in [5.41, 5.74) is 4.50. The van der Waals surface area contributed by atoms with Gasteiger partial charge in [0.05, 0.1) is 0 Å². The molecular formula is C9H11F3N2O. The van der Waals surface area contributed by atoms with E-state index in [1.165, 1.54) is 19.3 Å². The number of nitrogens with zero attached hydrogens (tertiary/aromatic N) is 1. The Morgan fingerprint density at radius 1 is 1.47 bits per heavy atom. The molecule has 0 saturated heterocycles. The van der Waals surface area contributed by atoms with E-state index < -0.39 is 18.5 Å². The van der Waals surface area contributed by atoms with E-state index in [9.17, 15) is 13.2 Å². The Balaban J connectivity index is 2.68. The normalized spacial score (nSPS) is 16.1. The summed E-state index contributed by atoms with van der Waals surface area (Å²) in [4.78, 5) is 3.75. The van der Waals surface area contributed by atoms with Crippen LogP contribution in [0.2, 0.25) is 0 Å². The van der Waals surface area contributed by atoms with Crippen molar-refractivity contribution in [3.63, 3.8) is 0 Å². The third-order valence-electron chi connectivity index (χ3n) is 1.77. The van der Waals surface area contributed by atoms with Gasteiger partial charge in [-0.1, -0.05) is 6.07 Å². The van der Waals surface area contributed by atoms with Gasteiger partial charge in [0.25, 0.3) is 0 Å². The Labute approximate surface area is 85.1 Å². The molecular weight excluding hydrogens is 209 g/mol. The standard InChI is InChI=1S/C9H11F3N2O/c1-8(13,15-6-9(10,11)12)7-3-2-4-14-5-7/h2-5H,6,13H2,1H3. The number of aromatic nitrogens is 1. The van der Waals surface area contributed by atoms with Crippen molar-refractivity contribution in [1.82, 2.24) is 4.98 Å². The zero-order valence-corrected chi connectivity index (χ0v) is 8.08. The second-order valence-corrected chi connectivity index (χ2v) is 3.25. The first-order valence-electron chi connectivity index (χ1n) is 4.21. The highest BCUT2D eigenvalue weighted by molar-refractivity contribution is 5.15. The number of nitrogens with two attached hydrogens (primary N) is 1. The minimum atomic E-state index is -4.39. The van der Waals surface area contributed by atoms with Gasteiger partial charge in [-0.3, -0.25) is 10.7 Å². The molecule has 1 rings (SSSR count). The van der Waals surface area contributed by atoms with Gasteiger partial charge >= 0.3 is 6.18 Å². The molecule has 1 unspecified atom stereocenters. The van der Waals surface area contributed by atoms with E-state index in [2.05, 4.69) is 9.72 Å². The average Bonchev–Trinajstić information content (AvgIpc) is 2.16. The molecule has 0 radical (unpaired) electrons. The van der Waals surface area contributed by atoms with Gasteiger partial charge in [0.1, 0.15) is 12.3 Å². The van der Waals surface area contributed by atoms with Crippen LogP contribution in [-0.4, -0.2) is 17.8 Å². The zero-order chi connectivity index (χ0) is 11.5. The van der Waals surface area contributed by atoms with Crippen molar-refractivity contribution in [2.75, 3.05) is 6.61 Å². The fourth-order valence-corrected chi connectivity index (χ4v) is 0.971. The first-order chi connectivity index (χ1) is 6.81. The molecule has 1 atom stereocenters. The molecule has 1 aromatic heterocycles. The highest BCUT2D eigenvalue weighted by atomic mass is 19.4. The molecule has 3 nitrogen and oxygen atoms in total. The number of hydrogen-bond acceptors (Lipinski definition) is 3. The summed E-state index contributed by atoms with van der Waals surface area (Å²) >= 11 is 0. The predicted molar refractivity (Wildman–Crippen MR) is 47.8 cm³/mol. The zero-order valence-electron chi connectivity index (χ0n) is 8.08. The van der Waals surface area contributed by atoms with Crippen LogP contribution in [0, 0.1) is 0 Å². The molecule has 0 saturated carbocycles. The van der Waals surface area contributed by atoms with Crippen molar-refractivity contribution < 1.29 is 17.9 Å². The molecule has 0 aliphatic rings. The molecule has 0 aliphatic carbocycles. The van der Waals surface area contributed by atoms with Crippen LogP contribution < -0.4 is 5.73 Å². The van der Waals surface area contributed by atoms with E-state index in [1.54, 1.807) is 12.1 Å². The maximum Gasteiger partial charge on any atom is 0.411 e. The van der Waals surface area contributed by atoms with Crippen LogP contribution in [-0.2, 0) is 10.5 Å². The van der Waals surface area contributed by atoms with Crippen molar-refractivity contribution in [3.8, 4) is 0 Å². The Bertz CT molecular complexity index is 311. The van der Waals surface area contributed by atoms with E-state index in [4.69, 9.17) is 5.73 Å². The molecule has 0 spiro atoms. The number of alkyl halides is 3. The second kappa shape index (κ2) is 4.16. The van der Waals surface area contributed by atoms with Crippen molar-refractivity contribution in [3.05, 3.63) is 30.1 Å². The van der Waals surface area contributed by atoms with E-state index in [0.717, 1.165) is 0 Å². The summed E-state index contributed by atoms with van der Waals surface area (Å²) in [6.45, 7) is -0.0232. The van der Waals surface area contributed by atoms with E-state index in [-0.39, 0.29) is 0 Å². The quantitative estimate of drug-likeness (QED) is 0.790. The summed E-state index contributed by atoms with van der Waals surface area (Å²) in [6.07, 6.45) is -1.51. The molecule has 0 amide bonds. The largest absolute Gasteiger partial charge is 0.411 e. The molecule has 0 aromatic carbocycles. The Morgan fingerprint density at radius 3 is 2.60 bits per heavy atom. The van der Waals surface area contributed by atoms with Crippen LogP contribution in [0.25, 0.3) is 0 Å². The lowest BCUT2D eigenvalue weighted by atomic mass is 10.1. The number of pyridine rings is 1. The van der Waals surface area contributed by atoms with Gasteiger partial charge in [0, 0.05) is 18.0 Å². The van der Waals surface area contributed by atoms with Gasteiger partial charge in [0.2, 0.25) is 0 Å². The maximum atomic E-state index is 11.9. The van der Waals surface area contributed by atoms with Gasteiger partial charge < -0.3 is 4.74 Å². The van der Waals surface area contributed by atoms with Gasteiger partial charge in [-0.05, 0) is 13.0 Å². The molecule has 1 heterocycles. The van der Waals surface area contributed by atoms with Crippen LogP contribution in [0.4, 0.5) is 13.2 Å². The van der Waals surface area contributed by atoms with E-state index >= 15 is 0 Å². The summed E-state index contributed by atoms with van der Waals surface area (Å²) in [7, 11) is 0. The van der Waals surface area contributed by atoms with E-state index in [1.807, 2.05) is 0 Å². The Morgan fingerprint density at radius 2 is 2.13 bits per heavy atom. The monoisotopic (exact) mass is 220 g/mol. The SMILES string of the molecule is CC(N)(OCC(F)(F)F)c1cccnc1. The molecule has 0 aliphatic heterocycles. The third kappa shape index (κ3) is 3.85. The predicted octanol–water partition coefficient (Wildman–Crippen LogP) is 1.79. The Kier molecular flexibility index (Phi) is 3.31. The molecule has 2 N–H and O–H groups in total. The van der Waals surface area contributed by atoms with Crippen molar-refractivity contribution in [2.24, 2.45) is 5.73 Å². The first kappa shape index (κ1) is 11.9. The van der Waals surface area contributed by atoms with Crippen LogP contribution in [0.3, 0.4) is 0 Å². The fourth-order valence-electron chi connectivity index (χ4n) is 0.971. The number of ether oxygens (including phenoxy) is 1. The summed E-state index contributed by atoms with van der Waals surface area (Å²) in [6, 6.07) is 3.14. The summed E-state index contributed by atoms with van der Waals surface area (Å²) in [5.74, 6) is 0. The van der Waals surface area contributed by atoms with E-state index in [0.29, 0.717) is 5.56 Å². The molecule has 0 bridgehead atoms. The van der Waals surface area contributed by atoms with Crippen molar-refractivity contribution >= 4 is 0 Å². The lowest BCUT2D eigenvalue weighted by Crippen LogP contribution is -2.39. The van der Waals surface area contributed by atoms with Crippen molar-refractivity contribution in [1.29, 1.82) is 0 Å². The van der Waals surface area contributed by atoms with Crippen LogP contribution in [0.5, 0.6) is 0 Å². The van der Waals surface area contributed by atoms with Gasteiger partial charge in [-0.25, -0.2) is 0 Å². The third-order valence-corrected chi connectivity index (χ3v) is 1.77. The first-order valence-corrected chi connectivity index (χ1v) is 4.21. The maximum absolute atomic E-state index is 11.9. The van der Waals surface area contributed by atoms with Crippen LogP contribution >= 0.6 is 0 Å². The highest BCUT2D eigenvalue weighted by Gasteiger charge is 2.33.